The third-order valence-corrected chi connectivity index (χ3v) is 8.11. The second kappa shape index (κ2) is 9.03. The molecule has 0 aliphatic carbocycles. The number of ketones is 1. The lowest BCUT2D eigenvalue weighted by molar-refractivity contribution is -0.139. The van der Waals surface area contributed by atoms with Gasteiger partial charge in [0.25, 0.3) is 0 Å². The first kappa shape index (κ1) is 22.5. The smallest absolute Gasteiger partial charge is 0.316 e. The third kappa shape index (κ3) is 4.86. The van der Waals surface area contributed by atoms with Crippen LogP contribution in [0.3, 0.4) is 0 Å². The fraction of sp³-hybridized carbons (Fsp3) is 0.364. The van der Waals surface area contributed by atoms with Gasteiger partial charge in [0.2, 0.25) is 5.78 Å². The number of aromatic nitrogens is 3. The first-order chi connectivity index (χ1) is 15.2. The summed E-state index contributed by atoms with van der Waals surface area (Å²) in [6.45, 7) is 3.28. The van der Waals surface area contributed by atoms with E-state index in [1.54, 1.807) is 19.2 Å². The highest BCUT2D eigenvalue weighted by molar-refractivity contribution is 7.99. The zero-order chi connectivity index (χ0) is 22.9. The summed E-state index contributed by atoms with van der Waals surface area (Å²) in [6, 6.07) is 9.03. The van der Waals surface area contributed by atoms with Crippen LogP contribution in [0.5, 0.6) is 0 Å². The van der Waals surface area contributed by atoms with E-state index in [1.165, 1.54) is 11.8 Å². The number of hydrogen-bond acceptors (Lipinski definition) is 8. The highest BCUT2D eigenvalue weighted by Gasteiger charge is 2.31. The number of ether oxygens (including phenoxy) is 1. The minimum Gasteiger partial charge on any atom is -0.457 e. The highest BCUT2D eigenvalue weighted by atomic mass is 32.2. The minimum atomic E-state index is -3.04. The molecule has 0 N–H and O–H groups in total. The second-order valence-corrected chi connectivity index (χ2v) is 11.0. The molecule has 2 aromatic heterocycles. The molecule has 1 aromatic carbocycles. The number of esters is 1. The van der Waals surface area contributed by atoms with Crippen LogP contribution in [0.25, 0.3) is 11.0 Å². The number of thioether (sulfide) groups is 1. The summed E-state index contributed by atoms with van der Waals surface area (Å²) in [5.74, 6) is -0.572. The van der Waals surface area contributed by atoms with Crippen molar-refractivity contribution in [3.8, 4) is 0 Å². The van der Waals surface area contributed by atoms with E-state index >= 15 is 0 Å². The number of rotatable bonds is 7. The zero-order valence-electron chi connectivity index (χ0n) is 17.8. The van der Waals surface area contributed by atoms with Gasteiger partial charge in [0.1, 0.15) is 5.03 Å². The Labute approximate surface area is 190 Å². The van der Waals surface area contributed by atoms with Crippen LogP contribution in [-0.4, -0.2) is 58.6 Å². The molecule has 1 saturated heterocycles. The molecule has 0 amide bonds. The Bertz CT molecular complexity index is 1300. The minimum absolute atomic E-state index is 0.0132. The molecular weight excluding hydrogens is 450 g/mol. The van der Waals surface area contributed by atoms with Crippen molar-refractivity contribution in [3.05, 3.63) is 53.5 Å². The van der Waals surface area contributed by atoms with E-state index in [0.717, 1.165) is 16.7 Å². The van der Waals surface area contributed by atoms with Crippen LogP contribution in [0.15, 0.2) is 41.6 Å². The number of Topliss-reactive ketones (excluding diaryl/α,β-unsaturated/α-hetero) is 1. The van der Waals surface area contributed by atoms with E-state index in [4.69, 9.17) is 4.74 Å². The van der Waals surface area contributed by atoms with Crippen LogP contribution in [-0.2, 0) is 19.4 Å². The summed E-state index contributed by atoms with van der Waals surface area (Å²) in [7, 11) is -3.04. The number of para-hydroxylation sites is 2. The molecule has 1 atom stereocenters. The quantitative estimate of drug-likeness (QED) is 0.293. The monoisotopic (exact) mass is 473 g/mol. The van der Waals surface area contributed by atoms with Gasteiger partial charge in [-0.25, -0.2) is 13.4 Å². The predicted molar refractivity (Wildman–Crippen MR) is 122 cm³/mol. The Balaban J connectivity index is 1.34. The van der Waals surface area contributed by atoms with Crippen LogP contribution in [0.1, 0.15) is 34.2 Å². The van der Waals surface area contributed by atoms with E-state index in [9.17, 15) is 18.0 Å². The Morgan fingerprint density at radius 1 is 1.22 bits per heavy atom. The fourth-order valence-electron chi connectivity index (χ4n) is 4.01. The van der Waals surface area contributed by atoms with Crippen molar-refractivity contribution in [2.45, 2.75) is 31.3 Å². The van der Waals surface area contributed by atoms with Crippen molar-refractivity contribution in [2.75, 3.05) is 23.9 Å². The molecule has 3 aromatic rings. The van der Waals surface area contributed by atoms with Crippen molar-refractivity contribution in [3.63, 3.8) is 0 Å². The van der Waals surface area contributed by atoms with Gasteiger partial charge in [-0.15, -0.1) is 0 Å². The summed E-state index contributed by atoms with van der Waals surface area (Å²) in [5, 5.41) is 0.599. The first-order valence-corrected chi connectivity index (χ1v) is 13.0. The summed E-state index contributed by atoms with van der Waals surface area (Å²) >= 11 is 1.20. The number of sulfone groups is 1. The van der Waals surface area contributed by atoms with Crippen LogP contribution in [0, 0.1) is 13.8 Å². The molecule has 0 saturated carbocycles. The molecule has 1 aliphatic heterocycles. The van der Waals surface area contributed by atoms with E-state index in [-0.39, 0.29) is 35.7 Å². The molecule has 32 heavy (non-hydrogen) atoms. The standard InChI is InChI=1S/C22H23N3O5S2/c1-14-9-17(15(2)25(14)16-7-8-32(28,29)13-16)20(26)11-30-22(27)12-31-21-10-23-18-5-3-4-6-19(18)24-21/h3-6,9-10,16H,7-8,11-13H2,1-2H3. The second-order valence-electron chi connectivity index (χ2n) is 7.78. The Kier molecular flexibility index (Phi) is 6.34. The molecule has 10 heteroatoms. The number of aryl methyl sites for hydroxylation is 1. The lowest BCUT2D eigenvalue weighted by Gasteiger charge is -2.16. The van der Waals surface area contributed by atoms with Crippen LogP contribution < -0.4 is 0 Å². The van der Waals surface area contributed by atoms with Gasteiger partial charge < -0.3 is 9.30 Å². The lowest BCUT2D eigenvalue weighted by Crippen LogP contribution is -2.17. The molecule has 1 fully saturated rings. The SMILES string of the molecule is Cc1cc(C(=O)COC(=O)CSc2cnc3ccccc3n2)c(C)n1C1CCS(=O)(=O)C1. The van der Waals surface area contributed by atoms with Crippen molar-refractivity contribution >= 4 is 44.4 Å². The zero-order valence-corrected chi connectivity index (χ0v) is 19.4. The van der Waals surface area contributed by atoms with Crippen LogP contribution in [0.2, 0.25) is 0 Å². The van der Waals surface area contributed by atoms with Crippen molar-refractivity contribution in [2.24, 2.45) is 0 Å². The van der Waals surface area contributed by atoms with Crippen LogP contribution in [0.4, 0.5) is 0 Å². The van der Waals surface area contributed by atoms with Gasteiger partial charge in [-0.3, -0.25) is 14.6 Å². The van der Waals surface area contributed by atoms with Gasteiger partial charge >= 0.3 is 5.97 Å². The fourth-order valence-corrected chi connectivity index (χ4v) is 6.35. The Hall–Kier alpha value is -2.72. The molecule has 3 heterocycles. The molecule has 0 bridgehead atoms. The van der Waals surface area contributed by atoms with Crippen molar-refractivity contribution in [1.29, 1.82) is 0 Å². The first-order valence-electron chi connectivity index (χ1n) is 10.2. The average molecular weight is 474 g/mol. The summed E-state index contributed by atoms with van der Waals surface area (Å²) < 4.78 is 30.7. The topological polar surface area (TPSA) is 108 Å². The van der Waals surface area contributed by atoms with E-state index in [1.807, 2.05) is 35.8 Å². The maximum Gasteiger partial charge on any atom is 0.316 e. The molecule has 168 valence electrons. The number of benzene rings is 1. The van der Waals surface area contributed by atoms with Gasteiger partial charge in [-0.2, -0.15) is 0 Å². The van der Waals surface area contributed by atoms with E-state index in [2.05, 4.69) is 9.97 Å². The molecule has 1 aliphatic rings. The predicted octanol–water partition coefficient (Wildman–Crippen LogP) is 2.93. The molecule has 8 nitrogen and oxygen atoms in total. The van der Waals surface area contributed by atoms with Gasteiger partial charge in [0.05, 0.1) is 34.5 Å². The number of fused-ring (bicyclic) bond motifs is 1. The van der Waals surface area contributed by atoms with Crippen LogP contribution >= 0.6 is 11.8 Å². The number of carbonyl (C=O) groups is 2. The van der Waals surface area contributed by atoms with E-state index in [0.29, 0.717) is 22.7 Å². The van der Waals surface area contributed by atoms with Gasteiger partial charge in [-0.05, 0) is 38.5 Å². The van der Waals surface area contributed by atoms with Crippen molar-refractivity contribution in [1.82, 2.24) is 14.5 Å². The highest BCUT2D eigenvalue weighted by Crippen LogP contribution is 2.29. The van der Waals surface area contributed by atoms with Crippen molar-refractivity contribution < 1.29 is 22.7 Å². The normalized spacial score (nSPS) is 17.5. The molecule has 0 radical (unpaired) electrons. The average Bonchev–Trinajstić information content (AvgIpc) is 3.27. The Morgan fingerprint density at radius 2 is 1.97 bits per heavy atom. The maximum absolute atomic E-state index is 12.7. The molecule has 1 unspecified atom stereocenters. The summed E-state index contributed by atoms with van der Waals surface area (Å²) in [4.78, 5) is 33.5. The van der Waals surface area contributed by atoms with Gasteiger partial charge in [0, 0.05) is 23.0 Å². The number of hydrogen-bond donors (Lipinski definition) is 0. The summed E-state index contributed by atoms with van der Waals surface area (Å²) in [5.41, 5.74) is 3.49. The number of nitrogens with zero attached hydrogens (tertiary/aromatic N) is 3. The third-order valence-electron chi connectivity index (χ3n) is 5.49. The van der Waals surface area contributed by atoms with E-state index < -0.39 is 15.8 Å². The maximum atomic E-state index is 12.7. The van der Waals surface area contributed by atoms with Gasteiger partial charge in [-0.1, -0.05) is 23.9 Å². The number of carbonyl (C=O) groups excluding carboxylic acids is 2. The lowest BCUT2D eigenvalue weighted by atomic mass is 10.1. The Morgan fingerprint density at radius 3 is 2.69 bits per heavy atom. The summed E-state index contributed by atoms with van der Waals surface area (Å²) in [6.07, 6.45) is 2.14. The largest absolute Gasteiger partial charge is 0.457 e. The molecular formula is C22H23N3O5S2. The molecule has 0 spiro atoms. The van der Waals surface area contributed by atoms with Gasteiger partial charge in [0.15, 0.2) is 16.4 Å². The molecule has 4 rings (SSSR count).